The molecular weight excluding hydrogens is 190 g/mol. The predicted molar refractivity (Wildman–Crippen MR) is 38.8 cm³/mol. The van der Waals surface area contributed by atoms with Crippen LogP contribution >= 0.6 is 0 Å². The third kappa shape index (κ3) is 4.69. The highest BCUT2D eigenvalue weighted by molar-refractivity contribution is 5.82. The summed E-state index contributed by atoms with van der Waals surface area (Å²) in [5, 5.41) is 1.89. The van der Waals surface area contributed by atoms with Crippen molar-refractivity contribution in [1.82, 2.24) is 5.32 Å². The molecule has 0 aliphatic heterocycles. The number of alkyl halides is 4. The molecule has 0 aliphatic carbocycles. The summed E-state index contributed by atoms with van der Waals surface area (Å²) in [6.45, 7) is 4.40. The van der Waals surface area contributed by atoms with Crippen molar-refractivity contribution in [2.24, 2.45) is 0 Å². The van der Waals surface area contributed by atoms with E-state index < -0.39 is 23.8 Å². The molecule has 0 rings (SSSR count). The van der Waals surface area contributed by atoms with Crippen molar-refractivity contribution < 1.29 is 22.4 Å². The van der Waals surface area contributed by atoms with Crippen LogP contribution in [0.15, 0.2) is 0 Å². The van der Waals surface area contributed by atoms with Crippen molar-refractivity contribution in [1.29, 1.82) is 0 Å². The van der Waals surface area contributed by atoms with E-state index in [0.29, 0.717) is 0 Å². The van der Waals surface area contributed by atoms with Gasteiger partial charge in [0, 0.05) is 5.54 Å². The van der Waals surface area contributed by atoms with E-state index in [1.54, 1.807) is 0 Å². The van der Waals surface area contributed by atoms with Gasteiger partial charge in [0.2, 0.25) is 0 Å². The van der Waals surface area contributed by atoms with Crippen LogP contribution in [0, 0.1) is 0 Å². The van der Waals surface area contributed by atoms with Crippen LogP contribution in [0.2, 0.25) is 0 Å². The molecule has 0 unspecified atom stereocenters. The Hall–Kier alpha value is -0.810. The van der Waals surface area contributed by atoms with Crippen molar-refractivity contribution in [3.63, 3.8) is 0 Å². The molecule has 1 atom stereocenters. The SMILES string of the molecule is CC(C)(C)NC(=O)[C@@H](F)C(F)(F)F. The van der Waals surface area contributed by atoms with Gasteiger partial charge in [0.25, 0.3) is 12.1 Å². The fourth-order valence-corrected chi connectivity index (χ4v) is 0.582. The number of carbonyl (C=O) groups excluding carboxylic acids is 1. The van der Waals surface area contributed by atoms with E-state index in [1.165, 1.54) is 20.8 Å². The van der Waals surface area contributed by atoms with Crippen LogP contribution in [0.5, 0.6) is 0 Å². The van der Waals surface area contributed by atoms with E-state index in [-0.39, 0.29) is 0 Å². The molecule has 0 aromatic heterocycles. The van der Waals surface area contributed by atoms with Crippen molar-refractivity contribution in [2.75, 3.05) is 0 Å². The van der Waals surface area contributed by atoms with E-state index in [4.69, 9.17) is 0 Å². The van der Waals surface area contributed by atoms with Crippen molar-refractivity contribution in [2.45, 2.75) is 38.7 Å². The summed E-state index contributed by atoms with van der Waals surface area (Å²) in [6, 6.07) is 0. The van der Waals surface area contributed by atoms with Gasteiger partial charge in [-0.25, -0.2) is 4.39 Å². The summed E-state index contributed by atoms with van der Waals surface area (Å²) < 4.78 is 47.2. The molecule has 1 N–H and O–H groups in total. The maximum Gasteiger partial charge on any atom is 0.428 e. The summed E-state index contributed by atoms with van der Waals surface area (Å²) >= 11 is 0. The van der Waals surface area contributed by atoms with E-state index in [9.17, 15) is 22.4 Å². The second kappa shape index (κ2) is 3.51. The lowest BCUT2D eigenvalue weighted by atomic mass is 10.1. The highest BCUT2D eigenvalue weighted by Crippen LogP contribution is 2.23. The molecule has 13 heavy (non-hydrogen) atoms. The van der Waals surface area contributed by atoms with E-state index >= 15 is 0 Å². The van der Waals surface area contributed by atoms with Crippen LogP contribution in [0.4, 0.5) is 17.6 Å². The zero-order chi connectivity index (χ0) is 10.9. The molecule has 0 aromatic rings. The first-order valence-corrected chi connectivity index (χ1v) is 3.57. The van der Waals surface area contributed by atoms with Crippen LogP contribution in [0.25, 0.3) is 0 Å². The minimum absolute atomic E-state index is 0.868. The first kappa shape index (κ1) is 12.2. The van der Waals surface area contributed by atoms with E-state index in [2.05, 4.69) is 0 Å². The summed E-state index contributed by atoms with van der Waals surface area (Å²) in [6.07, 6.45) is -8.58. The average Bonchev–Trinajstić information content (AvgIpc) is 1.79. The monoisotopic (exact) mass is 201 g/mol. The van der Waals surface area contributed by atoms with Gasteiger partial charge in [-0.3, -0.25) is 4.79 Å². The lowest BCUT2D eigenvalue weighted by Gasteiger charge is -2.22. The third-order valence-electron chi connectivity index (χ3n) is 1.02. The summed E-state index contributed by atoms with van der Waals surface area (Å²) in [4.78, 5) is 10.6. The van der Waals surface area contributed by atoms with Crippen LogP contribution in [0.3, 0.4) is 0 Å². The van der Waals surface area contributed by atoms with Crippen LogP contribution in [-0.2, 0) is 4.79 Å². The first-order chi connectivity index (χ1) is 5.54. The van der Waals surface area contributed by atoms with Crippen LogP contribution in [0.1, 0.15) is 20.8 Å². The second-order valence-electron chi connectivity index (χ2n) is 3.64. The van der Waals surface area contributed by atoms with Crippen molar-refractivity contribution in [3.05, 3.63) is 0 Å². The number of hydrogen-bond donors (Lipinski definition) is 1. The minimum atomic E-state index is -5.13. The van der Waals surface area contributed by atoms with Crippen LogP contribution < -0.4 is 5.32 Å². The molecule has 0 saturated carbocycles. The molecule has 0 aliphatic rings. The van der Waals surface area contributed by atoms with Gasteiger partial charge in [-0.05, 0) is 20.8 Å². The zero-order valence-corrected chi connectivity index (χ0v) is 7.50. The predicted octanol–water partition coefficient (Wildman–Crippen LogP) is 1.80. The van der Waals surface area contributed by atoms with Gasteiger partial charge in [-0.15, -0.1) is 0 Å². The Labute approximate surface area is 73.3 Å². The minimum Gasteiger partial charge on any atom is -0.349 e. The Morgan fingerprint density at radius 2 is 1.62 bits per heavy atom. The fourth-order valence-electron chi connectivity index (χ4n) is 0.582. The van der Waals surface area contributed by atoms with Gasteiger partial charge < -0.3 is 5.32 Å². The van der Waals surface area contributed by atoms with Gasteiger partial charge in [-0.1, -0.05) is 0 Å². The molecule has 0 saturated heterocycles. The molecule has 2 nitrogen and oxygen atoms in total. The van der Waals surface area contributed by atoms with Gasteiger partial charge in [0.15, 0.2) is 0 Å². The largest absolute Gasteiger partial charge is 0.428 e. The number of amides is 1. The Balaban J connectivity index is 4.30. The van der Waals surface area contributed by atoms with E-state index in [0.717, 1.165) is 0 Å². The summed E-state index contributed by atoms with van der Waals surface area (Å²) in [5.41, 5.74) is -0.868. The van der Waals surface area contributed by atoms with Gasteiger partial charge >= 0.3 is 6.18 Å². The van der Waals surface area contributed by atoms with Crippen molar-refractivity contribution >= 4 is 5.91 Å². The van der Waals surface area contributed by atoms with Gasteiger partial charge in [-0.2, -0.15) is 13.2 Å². The lowest BCUT2D eigenvalue weighted by molar-refractivity contribution is -0.187. The molecule has 0 radical (unpaired) electrons. The lowest BCUT2D eigenvalue weighted by Crippen LogP contribution is -2.48. The summed E-state index contributed by atoms with van der Waals surface area (Å²) in [5.74, 6) is -1.65. The molecule has 78 valence electrons. The summed E-state index contributed by atoms with van der Waals surface area (Å²) in [7, 11) is 0. The molecule has 0 spiro atoms. The van der Waals surface area contributed by atoms with Crippen molar-refractivity contribution in [3.8, 4) is 0 Å². The number of carbonyl (C=O) groups is 1. The Bertz CT molecular complexity index is 194. The van der Waals surface area contributed by atoms with Gasteiger partial charge in [0.1, 0.15) is 0 Å². The molecule has 0 aromatic carbocycles. The maximum absolute atomic E-state index is 12.3. The number of rotatable bonds is 1. The molecule has 0 bridgehead atoms. The second-order valence-corrected chi connectivity index (χ2v) is 3.64. The highest BCUT2D eigenvalue weighted by Gasteiger charge is 2.46. The third-order valence-corrected chi connectivity index (χ3v) is 1.02. The number of hydrogen-bond acceptors (Lipinski definition) is 1. The highest BCUT2D eigenvalue weighted by atomic mass is 19.4. The number of halogens is 4. The standard InChI is InChI=1S/C7H11F4NO/c1-6(2,3)12-5(13)4(8)7(9,10)11/h4H,1-3H3,(H,12,13)/t4-/m1/s1. The molecule has 0 fully saturated rings. The molecular formula is C7H11F4NO. The van der Waals surface area contributed by atoms with E-state index in [1.807, 2.05) is 5.32 Å². The molecule has 1 amide bonds. The quantitative estimate of drug-likeness (QED) is 0.644. The smallest absolute Gasteiger partial charge is 0.349 e. The Morgan fingerprint density at radius 1 is 1.23 bits per heavy atom. The molecule has 6 heteroatoms. The Kier molecular flexibility index (Phi) is 3.29. The fraction of sp³-hybridized carbons (Fsp3) is 0.857. The molecule has 0 heterocycles. The maximum atomic E-state index is 12.3. The average molecular weight is 201 g/mol. The normalized spacial score (nSPS) is 15.3. The number of nitrogens with one attached hydrogen (secondary N) is 1. The zero-order valence-electron chi connectivity index (χ0n) is 7.50. The topological polar surface area (TPSA) is 29.1 Å². The van der Waals surface area contributed by atoms with Gasteiger partial charge in [0.05, 0.1) is 0 Å². The Morgan fingerprint density at radius 3 is 1.85 bits per heavy atom. The first-order valence-electron chi connectivity index (χ1n) is 3.57. The van der Waals surface area contributed by atoms with Crippen LogP contribution in [-0.4, -0.2) is 23.8 Å².